The van der Waals surface area contributed by atoms with Gasteiger partial charge in [-0.15, -0.1) is 0 Å². The van der Waals surface area contributed by atoms with Crippen LogP contribution in [0.4, 0.5) is 0 Å². The molecule has 0 unspecified atom stereocenters. The maximum Gasteiger partial charge on any atom is 0.160 e. The molecule has 0 atom stereocenters. The van der Waals surface area contributed by atoms with E-state index >= 15 is 0 Å². The third-order valence-corrected chi connectivity index (χ3v) is 3.59. The average molecular weight is 279 g/mol. The Morgan fingerprint density at radius 2 is 1.95 bits per heavy atom. The zero-order chi connectivity index (χ0) is 14.3. The Balaban J connectivity index is 2.05. The van der Waals surface area contributed by atoms with Gasteiger partial charge in [0, 0.05) is 57.2 Å². The van der Waals surface area contributed by atoms with Gasteiger partial charge >= 0.3 is 0 Å². The molecule has 0 aliphatic carbocycles. The summed E-state index contributed by atoms with van der Waals surface area (Å²) in [6, 6.07) is 0. The Labute approximate surface area is 121 Å². The molecule has 0 radical (unpaired) electrons. The lowest BCUT2D eigenvalue weighted by molar-refractivity contribution is -0.117. The van der Waals surface area contributed by atoms with Crippen molar-refractivity contribution >= 4 is 0 Å². The fourth-order valence-corrected chi connectivity index (χ4v) is 2.50. The lowest BCUT2D eigenvalue weighted by Gasteiger charge is -2.35. The summed E-state index contributed by atoms with van der Waals surface area (Å²) >= 11 is 0. The summed E-state index contributed by atoms with van der Waals surface area (Å²) in [5.74, 6) is 0.793. The number of nitrogens with one attached hydrogen (secondary N) is 1. The molecular formula is C15H25N3O2. The van der Waals surface area contributed by atoms with Gasteiger partial charge in [-0.25, -0.2) is 9.97 Å². The number of hydrogen-bond acceptors (Lipinski definition) is 5. The third-order valence-electron chi connectivity index (χ3n) is 3.59. The molecule has 2 heterocycles. The molecule has 112 valence electrons. The first kappa shape index (κ1) is 15.4. The van der Waals surface area contributed by atoms with E-state index in [0.29, 0.717) is 19.8 Å². The lowest BCUT2D eigenvalue weighted by Crippen LogP contribution is -2.38. The van der Waals surface area contributed by atoms with E-state index in [9.17, 15) is 0 Å². The third kappa shape index (κ3) is 3.75. The minimum absolute atomic E-state index is 0.359. The normalized spacial score (nSPS) is 18.1. The van der Waals surface area contributed by atoms with Crippen molar-refractivity contribution in [1.82, 2.24) is 15.3 Å². The minimum atomic E-state index is -0.359. The average Bonchev–Trinajstić information content (AvgIpc) is 2.49. The molecule has 1 aromatic rings. The van der Waals surface area contributed by atoms with Crippen LogP contribution < -0.4 is 5.32 Å². The molecule has 5 heteroatoms. The van der Waals surface area contributed by atoms with Crippen molar-refractivity contribution in [2.45, 2.75) is 45.3 Å². The van der Waals surface area contributed by atoms with Crippen LogP contribution in [0.5, 0.6) is 0 Å². The molecule has 5 nitrogen and oxygen atoms in total. The molecule has 0 aromatic carbocycles. The van der Waals surface area contributed by atoms with Crippen molar-refractivity contribution in [3.8, 4) is 0 Å². The molecule has 20 heavy (non-hydrogen) atoms. The van der Waals surface area contributed by atoms with E-state index in [1.165, 1.54) is 0 Å². The molecule has 0 saturated carbocycles. The van der Waals surface area contributed by atoms with Gasteiger partial charge in [-0.3, -0.25) is 0 Å². The van der Waals surface area contributed by atoms with Gasteiger partial charge in [0.15, 0.2) is 5.82 Å². The fourth-order valence-electron chi connectivity index (χ4n) is 2.50. The maximum atomic E-state index is 5.97. The second-order valence-corrected chi connectivity index (χ2v) is 5.13. The summed E-state index contributed by atoms with van der Waals surface area (Å²) in [5, 5.41) is 3.35. The van der Waals surface area contributed by atoms with Gasteiger partial charge in [-0.2, -0.15) is 0 Å². The Morgan fingerprint density at radius 3 is 2.55 bits per heavy atom. The van der Waals surface area contributed by atoms with Crippen LogP contribution in [0, 0.1) is 0 Å². The van der Waals surface area contributed by atoms with Crippen LogP contribution in [0.25, 0.3) is 0 Å². The molecule has 1 aliphatic rings. The minimum Gasteiger partial charge on any atom is -0.381 e. The zero-order valence-electron chi connectivity index (χ0n) is 12.5. The Bertz CT molecular complexity index is 383. The molecule has 0 spiro atoms. The molecule has 1 aromatic heterocycles. The lowest BCUT2D eigenvalue weighted by atomic mass is 9.93. The van der Waals surface area contributed by atoms with E-state index in [1.807, 2.05) is 19.3 Å². The number of aromatic nitrogens is 2. The monoisotopic (exact) mass is 279 g/mol. The first-order valence-electron chi connectivity index (χ1n) is 7.54. The number of rotatable bonds is 7. The molecule has 0 bridgehead atoms. The predicted molar refractivity (Wildman–Crippen MR) is 77.4 cm³/mol. The zero-order valence-corrected chi connectivity index (χ0v) is 12.5. The molecular weight excluding hydrogens is 254 g/mol. The van der Waals surface area contributed by atoms with E-state index < -0.39 is 0 Å². The number of nitrogens with zero attached hydrogens (tertiary/aromatic N) is 2. The van der Waals surface area contributed by atoms with Gasteiger partial charge in [0.25, 0.3) is 0 Å². The fraction of sp³-hybridized carbons (Fsp3) is 0.733. The van der Waals surface area contributed by atoms with Crippen molar-refractivity contribution in [2.75, 3.05) is 26.4 Å². The topological polar surface area (TPSA) is 56.3 Å². The van der Waals surface area contributed by atoms with Crippen molar-refractivity contribution in [1.29, 1.82) is 0 Å². The standard InChI is InChI=1S/C15H25N3O2/c1-3-7-16-10-13-11-17-14(18-12-13)15(20-4-2)5-8-19-9-6-15/h11-12,16H,3-10H2,1-2H3. The van der Waals surface area contributed by atoms with Gasteiger partial charge < -0.3 is 14.8 Å². The van der Waals surface area contributed by atoms with Crippen LogP contribution in [0.15, 0.2) is 12.4 Å². The highest BCUT2D eigenvalue weighted by molar-refractivity contribution is 5.10. The van der Waals surface area contributed by atoms with Crippen molar-refractivity contribution in [2.24, 2.45) is 0 Å². The van der Waals surface area contributed by atoms with Gasteiger partial charge in [0.2, 0.25) is 0 Å². The van der Waals surface area contributed by atoms with Crippen LogP contribution in [-0.4, -0.2) is 36.3 Å². The molecule has 2 rings (SSSR count). The number of ether oxygens (including phenoxy) is 2. The van der Waals surface area contributed by atoms with E-state index in [-0.39, 0.29) is 5.60 Å². The predicted octanol–water partition coefficient (Wildman–Crippen LogP) is 2.02. The molecule has 1 aliphatic heterocycles. The Hall–Kier alpha value is -1.04. The van der Waals surface area contributed by atoms with Crippen molar-refractivity contribution < 1.29 is 9.47 Å². The maximum absolute atomic E-state index is 5.97. The number of hydrogen-bond donors (Lipinski definition) is 1. The smallest absolute Gasteiger partial charge is 0.160 e. The summed E-state index contributed by atoms with van der Waals surface area (Å²) in [4.78, 5) is 9.08. The Kier molecular flexibility index (Phi) is 5.88. The molecule has 1 saturated heterocycles. The van der Waals surface area contributed by atoms with Gasteiger partial charge in [-0.05, 0) is 19.9 Å². The van der Waals surface area contributed by atoms with Gasteiger partial charge in [0.1, 0.15) is 5.60 Å². The highest BCUT2D eigenvalue weighted by atomic mass is 16.5. The quantitative estimate of drug-likeness (QED) is 0.774. The largest absolute Gasteiger partial charge is 0.381 e. The summed E-state index contributed by atoms with van der Waals surface area (Å²) in [5.41, 5.74) is 0.753. The van der Waals surface area contributed by atoms with Gasteiger partial charge in [0.05, 0.1) is 0 Å². The van der Waals surface area contributed by atoms with Crippen LogP contribution in [0.1, 0.15) is 44.5 Å². The highest BCUT2D eigenvalue weighted by Crippen LogP contribution is 2.33. The van der Waals surface area contributed by atoms with Crippen LogP contribution >= 0.6 is 0 Å². The highest BCUT2D eigenvalue weighted by Gasteiger charge is 2.37. The first-order chi connectivity index (χ1) is 9.80. The second-order valence-electron chi connectivity index (χ2n) is 5.13. The van der Waals surface area contributed by atoms with Gasteiger partial charge in [-0.1, -0.05) is 6.92 Å². The van der Waals surface area contributed by atoms with Crippen LogP contribution in [0.3, 0.4) is 0 Å². The second kappa shape index (κ2) is 7.67. The summed E-state index contributed by atoms with van der Waals surface area (Å²) < 4.78 is 11.4. The molecule has 1 N–H and O–H groups in total. The SMILES string of the molecule is CCCNCc1cnc(C2(OCC)CCOCC2)nc1. The van der Waals surface area contributed by atoms with Crippen molar-refractivity contribution in [3.63, 3.8) is 0 Å². The van der Waals surface area contributed by atoms with Crippen LogP contribution in [0.2, 0.25) is 0 Å². The molecule has 0 amide bonds. The van der Waals surface area contributed by atoms with E-state index in [4.69, 9.17) is 9.47 Å². The summed E-state index contributed by atoms with van der Waals surface area (Å²) in [6.07, 6.45) is 6.59. The first-order valence-corrected chi connectivity index (χ1v) is 7.54. The van der Waals surface area contributed by atoms with E-state index in [1.54, 1.807) is 0 Å². The van der Waals surface area contributed by atoms with E-state index in [0.717, 1.165) is 43.7 Å². The molecule has 1 fully saturated rings. The Morgan fingerprint density at radius 1 is 1.25 bits per heavy atom. The summed E-state index contributed by atoms with van der Waals surface area (Å²) in [6.45, 7) is 8.10. The van der Waals surface area contributed by atoms with Crippen molar-refractivity contribution in [3.05, 3.63) is 23.8 Å². The van der Waals surface area contributed by atoms with Crippen LogP contribution in [-0.2, 0) is 21.6 Å². The van der Waals surface area contributed by atoms with E-state index in [2.05, 4.69) is 22.2 Å². The summed E-state index contributed by atoms with van der Waals surface area (Å²) in [7, 11) is 0.